The van der Waals surface area contributed by atoms with Crippen LogP contribution in [0.15, 0.2) is 54.9 Å². The fraction of sp³-hybridized carbons (Fsp3) is 0.154. The van der Waals surface area contributed by atoms with Gasteiger partial charge in [0.05, 0.1) is 11.4 Å². The lowest BCUT2D eigenvalue weighted by Crippen LogP contribution is -2.19. The number of aromatic nitrogens is 1. The highest BCUT2D eigenvalue weighted by molar-refractivity contribution is 5.70. The summed E-state index contributed by atoms with van der Waals surface area (Å²) >= 11 is 0. The molecule has 0 unspecified atom stereocenters. The van der Waals surface area contributed by atoms with Gasteiger partial charge in [-0.2, -0.15) is 0 Å². The van der Waals surface area contributed by atoms with E-state index in [9.17, 15) is 0 Å². The molecule has 0 saturated heterocycles. The van der Waals surface area contributed by atoms with Crippen LogP contribution in [0.4, 0.5) is 11.4 Å². The fourth-order valence-electron chi connectivity index (χ4n) is 1.50. The van der Waals surface area contributed by atoms with Crippen LogP contribution < -0.4 is 10.6 Å². The first-order valence-corrected chi connectivity index (χ1v) is 5.38. The first kappa shape index (κ1) is 10.5. The third-order valence-corrected chi connectivity index (χ3v) is 2.25. The van der Waals surface area contributed by atoms with E-state index < -0.39 is 0 Å². The van der Waals surface area contributed by atoms with Crippen molar-refractivity contribution in [3.05, 3.63) is 54.9 Å². The van der Waals surface area contributed by atoms with Gasteiger partial charge in [0.25, 0.3) is 0 Å². The van der Waals surface area contributed by atoms with Crippen LogP contribution in [-0.4, -0.2) is 18.1 Å². The molecule has 0 amide bonds. The van der Waals surface area contributed by atoms with Gasteiger partial charge in [0.2, 0.25) is 0 Å². The summed E-state index contributed by atoms with van der Waals surface area (Å²) in [5, 5.41) is 6.60. The Morgan fingerprint density at radius 2 is 1.31 bits per heavy atom. The minimum Gasteiger partial charge on any atom is -0.382 e. The number of nitrogens with one attached hydrogen (secondary N) is 2. The second kappa shape index (κ2) is 5.75. The SMILES string of the molecule is c1ccc2c(c1)NCCN2.c1ccncc1. The lowest BCUT2D eigenvalue weighted by atomic mass is 10.2. The smallest absolute Gasteiger partial charge is 0.0576 e. The van der Waals surface area contributed by atoms with Gasteiger partial charge < -0.3 is 10.6 Å². The molecule has 0 radical (unpaired) electrons. The van der Waals surface area contributed by atoms with Crippen LogP contribution in [0.25, 0.3) is 0 Å². The summed E-state index contributed by atoms with van der Waals surface area (Å²) in [6.45, 7) is 2.05. The lowest BCUT2D eigenvalue weighted by Gasteiger charge is -2.18. The number of para-hydroxylation sites is 2. The first-order valence-electron chi connectivity index (χ1n) is 5.38. The molecule has 2 aromatic rings. The van der Waals surface area contributed by atoms with Gasteiger partial charge in [-0.15, -0.1) is 0 Å². The number of pyridine rings is 1. The lowest BCUT2D eigenvalue weighted by molar-refractivity contribution is 1.05. The standard InChI is InChI=1S/C8H10N2.C5H5N/c1-2-4-8-7(3-1)9-5-6-10-8;1-2-4-6-5-3-1/h1-4,9-10H,5-6H2;1-5H. The number of rotatable bonds is 0. The summed E-state index contributed by atoms with van der Waals surface area (Å²) in [5.41, 5.74) is 2.43. The Bertz CT molecular complexity index is 363. The molecule has 1 aromatic heterocycles. The zero-order valence-corrected chi connectivity index (χ0v) is 9.06. The van der Waals surface area contributed by atoms with E-state index in [1.807, 2.05) is 30.3 Å². The maximum atomic E-state index is 3.78. The Hall–Kier alpha value is -2.03. The van der Waals surface area contributed by atoms with Crippen molar-refractivity contribution in [2.75, 3.05) is 23.7 Å². The molecule has 1 aromatic carbocycles. The molecule has 3 nitrogen and oxygen atoms in total. The Labute approximate surface area is 95.5 Å². The Morgan fingerprint density at radius 3 is 1.69 bits per heavy atom. The number of benzene rings is 1. The highest BCUT2D eigenvalue weighted by Gasteiger charge is 2.03. The van der Waals surface area contributed by atoms with E-state index in [2.05, 4.69) is 27.8 Å². The van der Waals surface area contributed by atoms with Gasteiger partial charge >= 0.3 is 0 Å². The van der Waals surface area contributed by atoms with E-state index in [1.54, 1.807) is 12.4 Å². The van der Waals surface area contributed by atoms with Crippen molar-refractivity contribution in [1.29, 1.82) is 0 Å². The van der Waals surface area contributed by atoms with Gasteiger partial charge in [0.1, 0.15) is 0 Å². The molecule has 3 heteroatoms. The van der Waals surface area contributed by atoms with Gasteiger partial charge in [-0.05, 0) is 24.3 Å². The van der Waals surface area contributed by atoms with Crippen molar-refractivity contribution in [1.82, 2.24) is 4.98 Å². The van der Waals surface area contributed by atoms with E-state index in [4.69, 9.17) is 0 Å². The zero-order chi connectivity index (χ0) is 11.1. The number of nitrogens with zero attached hydrogens (tertiary/aromatic N) is 1. The van der Waals surface area contributed by atoms with Gasteiger partial charge in [0.15, 0.2) is 0 Å². The number of hydrogen-bond donors (Lipinski definition) is 2. The summed E-state index contributed by atoms with van der Waals surface area (Å²) in [6.07, 6.45) is 3.50. The van der Waals surface area contributed by atoms with Gasteiger partial charge in [-0.25, -0.2) is 0 Å². The normalized spacial score (nSPS) is 12.2. The van der Waals surface area contributed by atoms with Gasteiger partial charge in [0, 0.05) is 25.5 Å². The van der Waals surface area contributed by atoms with Crippen LogP contribution in [0.1, 0.15) is 0 Å². The third kappa shape index (κ3) is 2.98. The van der Waals surface area contributed by atoms with Crippen molar-refractivity contribution >= 4 is 11.4 Å². The summed E-state index contributed by atoms with van der Waals surface area (Å²) in [7, 11) is 0. The van der Waals surface area contributed by atoms with Crippen LogP contribution >= 0.6 is 0 Å². The van der Waals surface area contributed by atoms with Crippen molar-refractivity contribution in [2.24, 2.45) is 0 Å². The summed E-state index contributed by atoms with van der Waals surface area (Å²) in [6, 6.07) is 14.0. The van der Waals surface area contributed by atoms with E-state index >= 15 is 0 Å². The van der Waals surface area contributed by atoms with Crippen molar-refractivity contribution in [3.8, 4) is 0 Å². The molecule has 1 aliphatic rings. The van der Waals surface area contributed by atoms with Crippen LogP contribution in [-0.2, 0) is 0 Å². The Kier molecular flexibility index (Phi) is 3.77. The highest BCUT2D eigenvalue weighted by Crippen LogP contribution is 2.22. The van der Waals surface area contributed by atoms with Crippen molar-refractivity contribution in [2.45, 2.75) is 0 Å². The molecule has 0 spiro atoms. The van der Waals surface area contributed by atoms with Crippen molar-refractivity contribution < 1.29 is 0 Å². The predicted molar refractivity (Wildman–Crippen MR) is 67.7 cm³/mol. The first-order chi connectivity index (χ1) is 7.97. The summed E-state index contributed by atoms with van der Waals surface area (Å²) < 4.78 is 0. The minimum atomic E-state index is 1.02. The monoisotopic (exact) mass is 213 g/mol. The average Bonchev–Trinajstić information content (AvgIpc) is 2.42. The molecule has 0 bridgehead atoms. The molecule has 1 aliphatic heterocycles. The van der Waals surface area contributed by atoms with Gasteiger partial charge in [-0.3, -0.25) is 4.98 Å². The minimum absolute atomic E-state index is 1.02. The molecule has 82 valence electrons. The number of fused-ring (bicyclic) bond motifs is 1. The van der Waals surface area contributed by atoms with Crippen LogP contribution in [0.2, 0.25) is 0 Å². The third-order valence-electron chi connectivity index (χ3n) is 2.25. The number of anilines is 2. The van der Waals surface area contributed by atoms with E-state index in [0.717, 1.165) is 13.1 Å². The molecule has 3 rings (SSSR count). The topological polar surface area (TPSA) is 37.0 Å². The largest absolute Gasteiger partial charge is 0.382 e. The maximum Gasteiger partial charge on any atom is 0.0576 e. The van der Waals surface area contributed by atoms with E-state index in [-0.39, 0.29) is 0 Å². The molecule has 0 aliphatic carbocycles. The maximum absolute atomic E-state index is 3.78. The quantitative estimate of drug-likeness (QED) is 0.706. The van der Waals surface area contributed by atoms with Gasteiger partial charge in [-0.1, -0.05) is 18.2 Å². The Morgan fingerprint density at radius 1 is 0.750 bits per heavy atom. The summed E-state index contributed by atoms with van der Waals surface area (Å²) in [5.74, 6) is 0. The molecule has 2 heterocycles. The Balaban J connectivity index is 0.000000138. The molecule has 16 heavy (non-hydrogen) atoms. The molecule has 0 saturated carbocycles. The molecular weight excluding hydrogens is 198 g/mol. The number of hydrogen-bond acceptors (Lipinski definition) is 3. The van der Waals surface area contributed by atoms with E-state index in [1.165, 1.54) is 11.4 Å². The summed E-state index contributed by atoms with van der Waals surface area (Å²) in [4.78, 5) is 3.78. The molecular formula is C13H15N3. The molecule has 0 fully saturated rings. The average molecular weight is 213 g/mol. The molecule has 2 N–H and O–H groups in total. The second-order valence-electron chi connectivity index (χ2n) is 3.42. The van der Waals surface area contributed by atoms with Crippen molar-refractivity contribution in [3.63, 3.8) is 0 Å². The second-order valence-corrected chi connectivity index (χ2v) is 3.42. The van der Waals surface area contributed by atoms with Crippen LogP contribution in [0, 0.1) is 0 Å². The molecule has 0 atom stereocenters. The van der Waals surface area contributed by atoms with Crippen LogP contribution in [0.3, 0.4) is 0 Å². The zero-order valence-electron chi connectivity index (χ0n) is 9.06. The highest BCUT2D eigenvalue weighted by atomic mass is 15.0. The predicted octanol–water partition coefficient (Wildman–Crippen LogP) is 2.61. The van der Waals surface area contributed by atoms with Crippen LogP contribution in [0.5, 0.6) is 0 Å². The van der Waals surface area contributed by atoms with E-state index in [0.29, 0.717) is 0 Å². The fourth-order valence-corrected chi connectivity index (χ4v) is 1.50.